The molecule has 0 heterocycles. The Bertz CT molecular complexity index is 173. The molecule has 0 amide bonds. The van der Waals surface area contributed by atoms with Crippen LogP contribution in [0.5, 0.6) is 0 Å². The Hall–Kier alpha value is 0.269. The topological polar surface area (TPSA) is 26.3 Å². The first-order valence-corrected chi connectivity index (χ1v) is 15.4. The van der Waals surface area contributed by atoms with Gasteiger partial charge in [-0.2, -0.15) is 0 Å². The maximum absolute atomic E-state index is 11.7. The SMILES string of the molecule is CCCCC(CC)C(=O)[O][Sn]([CH3])([CH3])[CH3]. The van der Waals surface area contributed by atoms with E-state index in [1.165, 1.54) is 0 Å². The van der Waals surface area contributed by atoms with Crippen LogP contribution >= 0.6 is 0 Å². The summed E-state index contributed by atoms with van der Waals surface area (Å²) in [4.78, 5) is 18.1. The fourth-order valence-corrected chi connectivity index (χ4v) is 3.52. The van der Waals surface area contributed by atoms with Crippen LogP contribution in [-0.2, 0) is 7.87 Å². The number of carbonyl (C=O) groups excluding carboxylic acids is 1. The van der Waals surface area contributed by atoms with E-state index in [2.05, 4.69) is 28.7 Å². The van der Waals surface area contributed by atoms with Crippen molar-refractivity contribution >= 4 is 24.8 Å². The molecule has 1 unspecified atom stereocenters. The molecule has 0 saturated carbocycles. The van der Waals surface area contributed by atoms with Crippen LogP contribution in [0.1, 0.15) is 39.5 Å². The second-order valence-electron chi connectivity index (χ2n) is 4.78. The molecule has 0 radical (unpaired) electrons. The van der Waals surface area contributed by atoms with Crippen molar-refractivity contribution in [2.45, 2.75) is 54.3 Å². The van der Waals surface area contributed by atoms with Crippen LogP contribution in [0.2, 0.25) is 14.8 Å². The van der Waals surface area contributed by atoms with Crippen molar-refractivity contribution in [3.8, 4) is 0 Å². The molecule has 0 N–H and O–H groups in total. The van der Waals surface area contributed by atoms with Crippen molar-refractivity contribution in [2.24, 2.45) is 5.92 Å². The third kappa shape index (κ3) is 6.68. The molecule has 3 heteroatoms. The molecule has 84 valence electrons. The Morgan fingerprint density at radius 1 is 1.29 bits per heavy atom. The molecule has 0 spiro atoms. The zero-order valence-electron chi connectivity index (χ0n) is 10.2. The monoisotopic (exact) mass is 308 g/mol. The molecule has 0 aliphatic heterocycles. The van der Waals surface area contributed by atoms with Gasteiger partial charge in [-0.1, -0.05) is 0 Å². The van der Waals surface area contributed by atoms with E-state index in [1.54, 1.807) is 0 Å². The average Bonchev–Trinajstić information content (AvgIpc) is 2.02. The quantitative estimate of drug-likeness (QED) is 0.701. The van der Waals surface area contributed by atoms with Gasteiger partial charge in [0.05, 0.1) is 0 Å². The molecular weight excluding hydrogens is 283 g/mol. The summed E-state index contributed by atoms with van der Waals surface area (Å²) < 4.78 is 5.56. The van der Waals surface area contributed by atoms with Crippen molar-refractivity contribution in [2.75, 3.05) is 0 Å². The number of hydrogen-bond acceptors (Lipinski definition) is 2. The molecule has 1 atom stereocenters. The third-order valence-corrected chi connectivity index (χ3v) is 4.46. The Morgan fingerprint density at radius 2 is 1.86 bits per heavy atom. The molecule has 0 bridgehead atoms. The fraction of sp³-hybridized carbons (Fsp3) is 0.909. The minimum atomic E-state index is -2.37. The van der Waals surface area contributed by atoms with Gasteiger partial charge in [0.1, 0.15) is 0 Å². The zero-order chi connectivity index (χ0) is 11.2. The zero-order valence-corrected chi connectivity index (χ0v) is 13.1. The van der Waals surface area contributed by atoms with Gasteiger partial charge in [0.25, 0.3) is 0 Å². The van der Waals surface area contributed by atoms with E-state index in [0.29, 0.717) is 0 Å². The Balaban J connectivity index is 4.04. The Kier molecular flexibility index (Phi) is 6.83. The summed E-state index contributed by atoms with van der Waals surface area (Å²) in [5.74, 6) is 0.204. The molecule has 2 nitrogen and oxygen atoms in total. The van der Waals surface area contributed by atoms with Crippen LogP contribution in [0.15, 0.2) is 0 Å². The van der Waals surface area contributed by atoms with Crippen LogP contribution in [0, 0.1) is 5.92 Å². The van der Waals surface area contributed by atoms with E-state index in [9.17, 15) is 4.79 Å². The second-order valence-corrected chi connectivity index (χ2v) is 17.4. The third-order valence-electron chi connectivity index (χ3n) is 2.14. The van der Waals surface area contributed by atoms with Crippen molar-refractivity contribution in [3.63, 3.8) is 0 Å². The van der Waals surface area contributed by atoms with Crippen LogP contribution in [0.25, 0.3) is 0 Å². The van der Waals surface area contributed by atoms with Gasteiger partial charge in [-0.25, -0.2) is 0 Å². The molecule has 14 heavy (non-hydrogen) atoms. The van der Waals surface area contributed by atoms with E-state index in [4.69, 9.17) is 3.07 Å². The van der Waals surface area contributed by atoms with E-state index in [1.807, 2.05) is 0 Å². The standard InChI is InChI=1S/C8H16O2.3CH3.Sn/c1-3-5-6-7(4-2)8(9)10;;;;/h7H,3-6H2,1-2H3,(H,9,10);3*1H3;/q;;;;+1/p-1. The summed E-state index contributed by atoms with van der Waals surface area (Å²) >= 11 is -2.37. The van der Waals surface area contributed by atoms with E-state index < -0.39 is 18.8 Å². The predicted octanol–water partition coefficient (Wildman–Crippen LogP) is 3.58. The molecule has 0 aliphatic carbocycles. The minimum absolute atomic E-state index is 0.0595. The predicted molar refractivity (Wildman–Crippen MR) is 62.7 cm³/mol. The summed E-state index contributed by atoms with van der Waals surface area (Å²) in [7, 11) is 0. The van der Waals surface area contributed by atoms with Gasteiger partial charge < -0.3 is 0 Å². The van der Waals surface area contributed by atoms with Gasteiger partial charge in [-0.05, 0) is 0 Å². The maximum atomic E-state index is 11.7. The molecule has 0 fully saturated rings. The first kappa shape index (κ1) is 14.3. The van der Waals surface area contributed by atoms with Gasteiger partial charge >= 0.3 is 92.9 Å². The average molecular weight is 307 g/mol. The number of unbranched alkanes of at least 4 members (excludes halogenated alkanes) is 1. The van der Waals surface area contributed by atoms with E-state index >= 15 is 0 Å². The van der Waals surface area contributed by atoms with Gasteiger partial charge in [-0.3, -0.25) is 0 Å². The molecule has 0 aromatic heterocycles. The fourth-order valence-electron chi connectivity index (χ4n) is 1.32. The summed E-state index contributed by atoms with van der Waals surface area (Å²) in [6, 6.07) is 0. The van der Waals surface area contributed by atoms with Crippen LogP contribution < -0.4 is 0 Å². The Morgan fingerprint density at radius 3 is 2.21 bits per heavy atom. The summed E-state index contributed by atoms with van der Waals surface area (Å²) in [5.41, 5.74) is 0. The van der Waals surface area contributed by atoms with Gasteiger partial charge in [0.2, 0.25) is 0 Å². The van der Waals surface area contributed by atoms with Gasteiger partial charge in [0.15, 0.2) is 0 Å². The van der Waals surface area contributed by atoms with Gasteiger partial charge in [0, 0.05) is 0 Å². The summed E-state index contributed by atoms with van der Waals surface area (Å²) in [6.07, 6.45) is 4.20. The number of carbonyl (C=O) groups is 1. The number of rotatable bonds is 6. The molecule has 0 rings (SSSR count). The van der Waals surface area contributed by atoms with Crippen molar-refractivity contribution in [1.29, 1.82) is 0 Å². The molecule has 0 saturated heterocycles. The van der Waals surface area contributed by atoms with Crippen molar-refractivity contribution in [3.05, 3.63) is 0 Å². The van der Waals surface area contributed by atoms with E-state index in [0.717, 1.165) is 25.7 Å². The van der Waals surface area contributed by atoms with E-state index in [-0.39, 0.29) is 11.9 Å². The van der Waals surface area contributed by atoms with Crippen LogP contribution in [0.3, 0.4) is 0 Å². The molecule has 0 aromatic carbocycles. The van der Waals surface area contributed by atoms with Crippen LogP contribution in [-0.4, -0.2) is 24.8 Å². The van der Waals surface area contributed by atoms with Gasteiger partial charge in [-0.15, -0.1) is 0 Å². The molecule has 0 aromatic rings. The number of hydrogen-bond donors (Lipinski definition) is 0. The molecular formula is C11H24O2Sn. The first-order valence-electron chi connectivity index (χ1n) is 5.63. The Labute approximate surface area is 92.8 Å². The second kappa shape index (κ2) is 6.70. The summed E-state index contributed by atoms with van der Waals surface area (Å²) in [5, 5.41) is 0. The van der Waals surface area contributed by atoms with Crippen molar-refractivity contribution in [1.82, 2.24) is 0 Å². The molecule has 0 aliphatic rings. The first-order chi connectivity index (χ1) is 6.40. The summed E-state index contributed by atoms with van der Waals surface area (Å²) in [6.45, 7) is 4.22. The van der Waals surface area contributed by atoms with Crippen molar-refractivity contribution < 1.29 is 7.87 Å². The van der Waals surface area contributed by atoms with Crippen LogP contribution in [0.4, 0.5) is 0 Å². The normalized spacial score (nSPS) is 13.8.